The third-order valence-corrected chi connectivity index (χ3v) is 3.34. The van der Waals surface area contributed by atoms with Crippen LogP contribution in [-0.4, -0.2) is 16.5 Å². The number of rotatable bonds is 6. The summed E-state index contributed by atoms with van der Waals surface area (Å²) in [5.74, 6) is 0.885. The van der Waals surface area contributed by atoms with Gasteiger partial charge in [-0.1, -0.05) is 13.3 Å². The van der Waals surface area contributed by atoms with Crippen molar-refractivity contribution in [2.75, 3.05) is 6.54 Å². The van der Waals surface area contributed by atoms with Gasteiger partial charge in [-0.2, -0.15) is 0 Å². The van der Waals surface area contributed by atoms with Crippen molar-refractivity contribution in [3.05, 3.63) is 23.3 Å². The fraction of sp³-hybridized carbons (Fsp3) is 0.692. The van der Waals surface area contributed by atoms with E-state index in [0.29, 0.717) is 23.9 Å². The molecule has 100 valence electrons. The summed E-state index contributed by atoms with van der Waals surface area (Å²) in [5, 5.41) is 3.11. The lowest BCUT2D eigenvalue weighted by Crippen LogP contribution is -2.19. The molecule has 0 unspecified atom stereocenters. The third kappa shape index (κ3) is 3.02. The van der Waals surface area contributed by atoms with Gasteiger partial charge in [0.25, 0.3) is 6.43 Å². The molecule has 0 saturated heterocycles. The van der Waals surface area contributed by atoms with Crippen LogP contribution in [0.25, 0.3) is 0 Å². The van der Waals surface area contributed by atoms with Gasteiger partial charge in [0, 0.05) is 24.2 Å². The summed E-state index contributed by atoms with van der Waals surface area (Å²) in [7, 11) is 0. The number of alkyl halides is 2. The average molecular weight is 255 g/mol. The molecule has 0 bridgehead atoms. The van der Waals surface area contributed by atoms with E-state index >= 15 is 0 Å². The second-order valence-corrected chi connectivity index (χ2v) is 4.74. The summed E-state index contributed by atoms with van der Waals surface area (Å²) in [5.41, 5.74) is 0.414. The molecule has 2 rings (SSSR count). The summed E-state index contributed by atoms with van der Waals surface area (Å²) in [4.78, 5) is 8.31. The Hall–Kier alpha value is -1.10. The molecule has 0 radical (unpaired) electrons. The molecule has 1 aliphatic rings. The minimum atomic E-state index is -2.52. The Morgan fingerprint density at radius 3 is 2.78 bits per heavy atom. The monoisotopic (exact) mass is 255 g/mol. The Bertz CT molecular complexity index is 392. The molecular weight excluding hydrogens is 236 g/mol. The molecule has 3 nitrogen and oxygen atoms in total. The van der Waals surface area contributed by atoms with Crippen LogP contribution in [-0.2, 0) is 6.54 Å². The van der Waals surface area contributed by atoms with Crippen molar-refractivity contribution < 1.29 is 8.78 Å². The zero-order chi connectivity index (χ0) is 13.0. The Morgan fingerprint density at radius 2 is 2.22 bits per heavy atom. The van der Waals surface area contributed by atoms with E-state index < -0.39 is 6.43 Å². The Morgan fingerprint density at radius 1 is 1.44 bits per heavy atom. The molecule has 1 aliphatic carbocycles. The fourth-order valence-corrected chi connectivity index (χ4v) is 2.02. The molecule has 1 aromatic heterocycles. The zero-order valence-electron chi connectivity index (χ0n) is 10.6. The van der Waals surface area contributed by atoms with Gasteiger partial charge in [-0.25, -0.2) is 18.7 Å². The van der Waals surface area contributed by atoms with Gasteiger partial charge in [-0.15, -0.1) is 0 Å². The normalized spacial score (nSPS) is 16.0. The maximum atomic E-state index is 13.0. The lowest BCUT2D eigenvalue weighted by Gasteiger charge is -2.24. The number of aromatic nitrogens is 2. The van der Waals surface area contributed by atoms with Crippen LogP contribution in [0.1, 0.15) is 62.0 Å². The number of nitrogens with one attached hydrogen (secondary N) is 1. The van der Waals surface area contributed by atoms with Crippen molar-refractivity contribution in [3.63, 3.8) is 0 Å². The van der Waals surface area contributed by atoms with Crippen molar-refractivity contribution in [1.29, 1.82) is 0 Å². The van der Waals surface area contributed by atoms with Crippen molar-refractivity contribution in [1.82, 2.24) is 15.3 Å². The lowest BCUT2D eigenvalue weighted by atomic mass is 9.85. The van der Waals surface area contributed by atoms with E-state index in [2.05, 4.69) is 15.3 Å². The Kier molecular flexibility index (Phi) is 4.58. The van der Waals surface area contributed by atoms with Gasteiger partial charge < -0.3 is 5.32 Å². The van der Waals surface area contributed by atoms with Crippen LogP contribution in [0.15, 0.2) is 6.20 Å². The second-order valence-electron chi connectivity index (χ2n) is 4.74. The fourth-order valence-electron chi connectivity index (χ4n) is 2.02. The van der Waals surface area contributed by atoms with Crippen molar-refractivity contribution in [3.8, 4) is 0 Å². The SMILES string of the molecule is CCCNCc1cnc(C2CCC2)nc1C(F)F. The standard InChI is InChI=1S/C13H19F2N3/c1-2-6-16-7-10-8-17-13(9-4-3-5-9)18-11(10)12(14)15/h8-9,12,16H,2-7H2,1H3. The predicted molar refractivity (Wildman–Crippen MR) is 65.6 cm³/mol. The van der Waals surface area contributed by atoms with Gasteiger partial charge in [0.1, 0.15) is 11.5 Å². The van der Waals surface area contributed by atoms with E-state index in [0.717, 1.165) is 32.2 Å². The summed E-state index contributed by atoms with van der Waals surface area (Å²) in [6, 6.07) is 0. The Labute approximate surface area is 106 Å². The number of halogens is 2. The Balaban J connectivity index is 2.12. The van der Waals surface area contributed by atoms with E-state index in [-0.39, 0.29) is 5.69 Å². The summed E-state index contributed by atoms with van der Waals surface area (Å²) >= 11 is 0. The highest BCUT2D eigenvalue weighted by Crippen LogP contribution is 2.35. The molecule has 1 aromatic rings. The van der Waals surface area contributed by atoms with Gasteiger partial charge in [0.2, 0.25) is 0 Å². The van der Waals surface area contributed by atoms with E-state index in [4.69, 9.17) is 0 Å². The molecule has 5 heteroatoms. The number of nitrogens with zero attached hydrogens (tertiary/aromatic N) is 2. The average Bonchev–Trinajstić information content (AvgIpc) is 2.28. The van der Waals surface area contributed by atoms with Gasteiger partial charge in [0.15, 0.2) is 0 Å². The van der Waals surface area contributed by atoms with Crippen LogP contribution < -0.4 is 5.32 Å². The molecule has 0 aliphatic heterocycles. The van der Waals surface area contributed by atoms with Gasteiger partial charge in [-0.3, -0.25) is 0 Å². The van der Waals surface area contributed by atoms with E-state index in [9.17, 15) is 8.78 Å². The molecular formula is C13H19F2N3. The molecule has 1 N–H and O–H groups in total. The first kappa shape index (κ1) is 13.3. The first-order valence-corrected chi connectivity index (χ1v) is 6.57. The molecule has 0 spiro atoms. The van der Waals surface area contributed by atoms with Crippen molar-refractivity contribution >= 4 is 0 Å². The quantitative estimate of drug-likeness (QED) is 0.793. The largest absolute Gasteiger partial charge is 0.313 e. The first-order valence-electron chi connectivity index (χ1n) is 6.57. The minimum absolute atomic E-state index is 0.101. The first-order chi connectivity index (χ1) is 8.72. The summed E-state index contributed by atoms with van der Waals surface area (Å²) < 4.78 is 26.0. The maximum absolute atomic E-state index is 13.0. The number of hydrogen-bond donors (Lipinski definition) is 1. The van der Waals surface area contributed by atoms with Crippen LogP contribution in [0.3, 0.4) is 0 Å². The van der Waals surface area contributed by atoms with Crippen LogP contribution in [0.4, 0.5) is 8.78 Å². The second kappa shape index (κ2) is 6.18. The summed E-state index contributed by atoms with van der Waals surface area (Å²) in [6.07, 6.45) is 3.21. The minimum Gasteiger partial charge on any atom is -0.313 e. The predicted octanol–water partition coefficient (Wildman–Crippen LogP) is 3.18. The zero-order valence-corrected chi connectivity index (χ0v) is 10.6. The highest BCUT2D eigenvalue weighted by molar-refractivity contribution is 5.20. The molecule has 1 fully saturated rings. The van der Waals surface area contributed by atoms with E-state index in [1.807, 2.05) is 6.92 Å². The molecule has 1 heterocycles. The van der Waals surface area contributed by atoms with Gasteiger partial charge in [-0.05, 0) is 25.8 Å². The van der Waals surface area contributed by atoms with Crippen LogP contribution >= 0.6 is 0 Å². The summed E-state index contributed by atoms with van der Waals surface area (Å²) in [6.45, 7) is 3.27. The van der Waals surface area contributed by atoms with Crippen molar-refractivity contribution in [2.24, 2.45) is 0 Å². The van der Waals surface area contributed by atoms with Crippen LogP contribution in [0, 0.1) is 0 Å². The topological polar surface area (TPSA) is 37.8 Å². The maximum Gasteiger partial charge on any atom is 0.280 e. The van der Waals surface area contributed by atoms with Gasteiger partial charge in [0.05, 0.1) is 0 Å². The molecule has 0 atom stereocenters. The van der Waals surface area contributed by atoms with E-state index in [1.165, 1.54) is 0 Å². The van der Waals surface area contributed by atoms with Crippen molar-refractivity contribution in [2.45, 2.75) is 51.5 Å². The molecule has 18 heavy (non-hydrogen) atoms. The lowest BCUT2D eigenvalue weighted by molar-refractivity contribution is 0.143. The highest BCUT2D eigenvalue weighted by Gasteiger charge is 2.25. The smallest absolute Gasteiger partial charge is 0.280 e. The third-order valence-electron chi connectivity index (χ3n) is 3.34. The molecule has 0 amide bonds. The molecule has 0 aromatic carbocycles. The van der Waals surface area contributed by atoms with Gasteiger partial charge >= 0.3 is 0 Å². The molecule has 1 saturated carbocycles. The van der Waals surface area contributed by atoms with Crippen LogP contribution in [0.5, 0.6) is 0 Å². The number of hydrogen-bond acceptors (Lipinski definition) is 3. The van der Waals surface area contributed by atoms with Crippen LogP contribution in [0.2, 0.25) is 0 Å². The van der Waals surface area contributed by atoms with E-state index in [1.54, 1.807) is 6.20 Å². The highest BCUT2D eigenvalue weighted by atomic mass is 19.3.